The zero-order valence-corrected chi connectivity index (χ0v) is 11.0. The third kappa shape index (κ3) is 3.41. The second kappa shape index (κ2) is 5.47. The van der Waals surface area contributed by atoms with Gasteiger partial charge in [0.1, 0.15) is 0 Å². The molecule has 0 bridgehead atoms. The Morgan fingerprint density at radius 1 is 1.47 bits per heavy atom. The predicted octanol–water partition coefficient (Wildman–Crippen LogP) is 3.18. The standard InChI is InChI=1S/C13H18O3S/c1-4-6-10(3)12-8-7-11(5-2)9-13(12)17(14,15)16/h4,7-10H,1,5-6H2,2-3H3,(H,14,15,16). The van der Waals surface area contributed by atoms with Gasteiger partial charge in [-0.2, -0.15) is 8.42 Å². The first-order valence-corrected chi connectivity index (χ1v) is 7.05. The van der Waals surface area contributed by atoms with Crippen molar-refractivity contribution in [1.29, 1.82) is 0 Å². The Labute approximate surface area is 103 Å². The van der Waals surface area contributed by atoms with Crippen LogP contribution in [-0.2, 0) is 16.5 Å². The van der Waals surface area contributed by atoms with Crippen molar-refractivity contribution in [3.05, 3.63) is 42.0 Å². The van der Waals surface area contributed by atoms with Crippen LogP contribution >= 0.6 is 0 Å². The second-order valence-corrected chi connectivity index (χ2v) is 5.52. The topological polar surface area (TPSA) is 54.4 Å². The molecular weight excluding hydrogens is 236 g/mol. The smallest absolute Gasteiger partial charge is 0.282 e. The van der Waals surface area contributed by atoms with Crippen LogP contribution in [0.3, 0.4) is 0 Å². The molecule has 94 valence electrons. The van der Waals surface area contributed by atoms with Crippen LogP contribution in [-0.4, -0.2) is 13.0 Å². The Morgan fingerprint density at radius 3 is 2.59 bits per heavy atom. The van der Waals surface area contributed by atoms with Gasteiger partial charge in [-0.15, -0.1) is 6.58 Å². The minimum atomic E-state index is -4.16. The molecule has 0 aliphatic carbocycles. The van der Waals surface area contributed by atoms with Gasteiger partial charge in [0.05, 0.1) is 4.90 Å². The normalized spacial score (nSPS) is 13.4. The van der Waals surface area contributed by atoms with Crippen molar-refractivity contribution in [2.24, 2.45) is 0 Å². The average Bonchev–Trinajstić information content (AvgIpc) is 2.27. The van der Waals surface area contributed by atoms with Crippen LogP contribution in [0.2, 0.25) is 0 Å². The predicted molar refractivity (Wildman–Crippen MR) is 68.9 cm³/mol. The van der Waals surface area contributed by atoms with E-state index in [2.05, 4.69) is 6.58 Å². The zero-order chi connectivity index (χ0) is 13.1. The van der Waals surface area contributed by atoms with Crippen molar-refractivity contribution in [3.8, 4) is 0 Å². The molecule has 1 rings (SSSR count). The van der Waals surface area contributed by atoms with E-state index >= 15 is 0 Å². The van der Waals surface area contributed by atoms with E-state index in [0.29, 0.717) is 12.0 Å². The van der Waals surface area contributed by atoms with Crippen molar-refractivity contribution >= 4 is 10.1 Å². The maximum absolute atomic E-state index is 11.4. The lowest BCUT2D eigenvalue weighted by molar-refractivity contribution is 0.481. The number of aryl methyl sites for hydroxylation is 1. The Balaban J connectivity index is 3.35. The van der Waals surface area contributed by atoms with Gasteiger partial charge in [-0.3, -0.25) is 4.55 Å². The van der Waals surface area contributed by atoms with E-state index in [-0.39, 0.29) is 10.8 Å². The maximum atomic E-state index is 11.4. The summed E-state index contributed by atoms with van der Waals surface area (Å²) in [6.07, 6.45) is 3.15. The highest BCUT2D eigenvalue weighted by atomic mass is 32.2. The Hall–Kier alpha value is -1.13. The van der Waals surface area contributed by atoms with E-state index in [0.717, 1.165) is 12.0 Å². The first-order chi connectivity index (χ1) is 7.90. The molecule has 1 unspecified atom stereocenters. The monoisotopic (exact) mass is 254 g/mol. The number of allylic oxidation sites excluding steroid dienone is 1. The molecule has 0 aromatic heterocycles. The molecule has 0 saturated carbocycles. The van der Waals surface area contributed by atoms with Crippen molar-refractivity contribution in [3.63, 3.8) is 0 Å². The maximum Gasteiger partial charge on any atom is 0.294 e. The third-order valence-corrected chi connectivity index (χ3v) is 3.72. The van der Waals surface area contributed by atoms with Crippen LogP contribution in [0.5, 0.6) is 0 Å². The summed E-state index contributed by atoms with van der Waals surface area (Å²) in [5, 5.41) is 0. The summed E-state index contributed by atoms with van der Waals surface area (Å²) in [7, 11) is -4.16. The van der Waals surface area contributed by atoms with Crippen LogP contribution in [0.25, 0.3) is 0 Å². The quantitative estimate of drug-likeness (QED) is 0.648. The molecule has 3 nitrogen and oxygen atoms in total. The molecule has 1 aromatic rings. The van der Waals surface area contributed by atoms with Gasteiger partial charge < -0.3 is 0 Å². The van der Waals surface area contributed by atoms with Gasteiger partial charge in [0.2, 0.25) is 0 Å². The third-order valence-electron chi connectivity index (χ3n) is 2.82. The molecule has 1 aromatic carbocycles. The minimum absolute atomic E-state index is 0.0196. The van der Waals surface area contributed by atoms with Gasteiger partial charge in [0, 0.05) is 0 Å². The highest BCUT2D eigenvalue weighted by molar-refractivity contribution is 7.85. The molecule has 0 radical (unpaired) electrons. The largest absolute Gasteiger partial charge is 0.294 e. The number of benzene rings is 1. The van der Waals surface area contributed by atoms with Gasteiger partial charge in [-0.05, 0) is 36.0 Å². The molecule has 4 heteroatoms. The molecule has 1 atom stereocenters. The molecule has 0 saturated heterocycles. The van der Waals surface area contributed by atoms with E-state index in [1.807, 2.05) is 19.9 Å². The SMILES string of the molecule is C=CCC(C)c1ccc(CC)cc1S(=O)(=O)O. The fourth-order valence-electron chi connectivity index (χ4n) is 1.81. The van der Waals surface area contributed by atoms with Crippen molar-refractivity contribution in [2.45, 2.75) is 37.5 Å². The van der Waals surface area contributed by atoms with Crippen LogP contribution in [0, 0.1) is 0 Å². The minimum Gasteiger partial charge on any atom is -0.282 e. The second-order valence-electron chi connectivity index (χ2n) is 4.13. The van der Waals surface area contributed by atoms with E-state index in [9.17, 15) is 13.0 Å². The molecular formula is C13H18O3S. The molecule has 17 heavy (non-hydrogen) atoms. The highest BCUT2D eigenvalue weighted by Gasteiger charge is 2.19. The Morgan fingerprint density at radius 2 is 2.12 bits per heavy atom. The number of hydrogen-bond donors (Lipinski definition) is 1. The average molecular weight is 254 g/mol. The number of rotatable bonds is 5. The lowest BCUT2D eigenvalue weighted by Crippen LogP contribution is -2.06. The molecule has 0 amide bonds. The van der Waals surface area contributed by atoms with E-state index in [1.54, 1.807) is 18.2 Å². The van der Waals surface area contributed by atoms with Gasteiger partial charge >= 0.3 is 0 Å². The Bertz CT molecular complexity index is 503. The first kappa shape index (κ1) is 13.9. The summed E-state index contributed by atoms with van der Waals surface area (Å²) >= 11 is 0. The lowest BCUT2D eigenvalue weighted by atomic mass is 9.96. The van der Waals surface area contributed by atoms with E-state index < -0.39 is 10.1 Å². The summed E-state index contributed by atoms with van der Waals surface area (Å²) in [6.45, 7) is 7.49. The van der Waals surface area contributed by atoms with Crippen molar-refractivity contribution in [1.82, 2.24) is 0 Å². The zero-order valence-electron chi connectivity index (χ0n) is 10.2. The van der Waals surface area contributed by atoms with Gasteiger partial charge in [0.25, 0.3) is 10.1 Å². The lowest BCUT2D eigenvalue weighted by Gasteiger charge is -2.14. The molecule has 1 N–H and O–H groups in total. The van der Waals surface area contributed by atoms with Gasteiger partial charge in [-0.1, -0.05) is 32.1 Å². The summed E-state index contributed by atoms with van der Waals surface area (Å²) in [5.41, 5.74) is 1.54. The summed E-state index contributed by atoms with van der Waals surface area (Å²) in [6, 6.07) is 5.21. The molecule has 0 heterocycles. The van der Waals surface area contributed by atoms with Gasteiger partial charge in [0.15, 0.2) is 0 Å². The molecule has 0 fully saturated rings. The van der Waals surface area contributed by atoms with Crippen LogP contribution in [0.4, 0.5) is 0 Å². The summed E-state index contributed by atoms with van der Waals surface area (Å²) in [4.78, 5) is 0.0196. The fraction of sp³-hybridized carbons (Fsp3) is 0.385. The number of hydrogen-bond acceptors (Lipinski definition) is 2. The summed E-state index contributed by atoms with van der Waals surface area (Å²) in [5.74, 6) is 0.0235. The van der Waals surface area contributed by atoms with E-state index in [4.69, 9.17) is 0 Å². The van der Waals surface area contributed by atoms with Gasteiger partial charge in [-0.25, -0.2) is 0 Å². The molecule has 0 spiro atoms. The summed E-state index contributed by atoms with van der Waals surface area (Å²) < 4.78 is 32.0. The fourth-order valence-corrected chi connectivity index (χ4v) is 2.67. The molecule has 0 aliphatic rings. The van der Waals surface area contributed by atoms with Crippen molar-refractivity contribution < 1.29 is 13.0 Å². The Kier molecular flexibility index (Phi) is 4.48. The van der Waals surface area contributed by atoms with E-state index in [1.165, 1.54) is 0 Å². The highest BCUT2D eigenvalue weighted by Crippen LogP contribution is 2.27. The molecule has 0 aliphatic heterocycles. The van der Waals surface area contributed by atoms with Crippen LogP contribution in [0.15, 0.2) is 35.7 Å². The van der Waals surface area contributed by atoms with Crippen LogP contribution < -0.4 is 0 Å². The van der Waals surface area contributed by atoms with Crippen LogP contribution in [0.1, 0.15) is 37.3 Å². The first-order valence-electron chi connectivity index (χ1n) is 5.61. The van der Waals surface area contributed by atoms with Crippen molar-refractivity contribution in [2.75, 3.05) is 0 Å².